The van der Waals surface area contributed by atoms with Crippen LogP contribution in [0, 0.1) is 0 Å². The van der Waals surface area contributed by atoms with Crippen LogP contribution in [0.2, 0.25) is 0 Å². The zero-order valence-electron chi connectivity index (χ0n) is 9.98. The maximum Gasteiger partial charge on any atom is 0.226 e. The molecule has 90 valence electrons. The van der Waals surface area contributed by atoms with Crippen LogP contribution in [0.4, 0.5) is 0 Å². The van der Waals surface area contributed by atoms with Crippen molar-refractivity contribution in [1.29, 1.82) is 0 Å². The summed E-state index contributed by atoms with van der Waals surface area (Å²) < 4.78 is 5.26. The van der Waals surface area contributed by atoms with Crippen molar-refractivity contribution in [3.05, 3.63) is 11.7 Å². The first kappa shape index (κ1) is 11.6. The van der Waals surface area contributed by atoms with Crippen molar-refractivity contribution < 1.29 is 4.52 Å². The van der Waals surface area contributed by atoms with Gasteiger partial charge in [0.15, 0.2) is 5.82 Å². The summed E-state index contributed by atoms with van der Waals surface area (Å²) in [5, 5.41) is 4.08. The molecule has 1 aliphatic rings. The minimum Gasteiger partial charge on any atom is -0.339 e. The number of aryl methyl sites for hydroxylation is 1. The van der Waals surface area contributed by atoms with E-state index in [2.05, 4.69) is 10.1 Å². The van der Waals surface area contributed by atoms with Crippen LogP contribution in [0.5, 0.6) is 0 Å². The highest BCUT2D eigenvalue weighted by Gasteiger charge is 2.22. The van der Waals surface area contributed by atoms with Gasteiger partial charge in [-0.05, 0) is 32.6 Å². The number of aromatic nitrogens is 2. The lowest BCUT2D eigenvalue weighted by atomic mass is 10.1. The average Bonchev–Trinajstić information content (AvgIpc) is 2.85. The van der Waals surface area contributed by atoms with Gasteiger partial charge in [0.25, 0.3) is 0 Å². The minimum absolute atomic E-state index is 0.261. The van der Waals surface area contributed by atoms with Crippen LogP contribution in [0.3, 0.4) is 0 Å². The third-order valence-corrected chi connectivity index (χ3v) is 3.25. The van der Waals surface area contributed by atoms with E-state index < -0.39 is 0 Å². The Labute approximate surface area is 96.6 Å². The lowest BCUT2D eigenvalue weighted by molar-refractivity contribution is 0.364. The van der Waals surface area contributed by atoms with Crippen molar-refractivity contribution >= 4 is 0 Å². The second-order valence-electron chi connectivity index (χ2n) is 4.90. The molecular weight excluding hydrogens is 202 g/mol. The van der Waals surface area contributed by atoms with Crippen LogP contribution in [-0.4, -0.2) is 16.2 Å². The highest BCUT2D eigenvalue weighted by atomic mass is 16.5. The molecule has 0 aliphatic heterocycles. The second-order valence-corrected chi connectivity index (χ2v) is 4.90. The second kappa shape index (κ2) is 5.43. The van der Waals surface area contributed by atoms with Gasteiger partial charge in [-0.15, -0.1) is 0 Å². The molecule has 1 heterocycles. The van der Waals surface area contributed by atoms with Gasteiger partial charge in [-0.1, -0.05) is 18.0 Å². The number of hydrogen-bond donors (Lipinski definition) is 1. The van der Waals surface area contributed by atoms with Gasteiger partial charge in [-0.2, -0.15) is 4.98 Å². The van der Waals surface area contributed by atoms with Crippen molar-refractivity contribution in [2.45, 2.75) is 63.8 Å². The van der Waals surface area contributed by atoms with Crippen LogP contribution in [0.25, 0.3) is 0 Å². The Bertz CT molecular complexity index is 316. The standard InChI is InChI=1S/C12H21N3O/c1-9(13)5-4-8-11-14-12(15-16-11)10-6-2-3-7-10/h9-10H,2-8,13H2,1H3. The molecule has 4 nitrogen and oxygen atoms in total. The summed E-state index contributed by atoms with van der Waals surface area (Å²) in [6.07, 6.45) is 7.96. The number of rotatable bonds is 5. The number of hydrogen-bond acceptors (Lipinski definition) is 4. The molecule has 1 saturated carbocycles. The van der Waals surface area contributed by atoms with Gasteiger partial charge in [-0.25, -0.2) is 0 Å². The summed E-state index contributed by atoms with van der Waals surface area (Å²) in [7, 11) is 0. The fourth-order valence-corrected chi connectivity index (χ4v) is 2.29. The van der Waals surface area contributed by atoms with Gasteiger partial charge < -0.3 is 10.3 Å². The summed E-state index contributed by atoms with van der Waals surface area (Å²) in [5.74, 6) is 2.25. The monoisotopic (exact) mass is 223 g/mol. The van der Waals surface area contributed by atoms with E-state index in [0.29, 0.717) is 5.92 Å². The summed E-state index contributed by atoms with van der Waals surface area (Å²) >= 11 is 0. The molecule has 0 amide bonds. The van der Waals surface area contributed by atoms with E-state index in [4.69, 9.17) is 10.3 Å². The van der Waals surface area contributed by atoms with E-state index in [1.165, 1.54) is 25.7 Å². The molecule has 0 radical (unpaired) electrons. The fraction of sp³-hybridized carbons (Fsp3) is 0.833. The van der Waals surface area contributed by atoms with Crippen molar-refractivity contribution in [3.8, 4) is 0 Å². The Morgan fingerprint density at radius 3 is 2.88 bits per heavy atom. The van der Waals surface area contributed by atoms with E-state index in [1.54, 1.807) is 0 Å². The molecule has 2 N–H and O–H groups in total. The van der Waals surface area contributed by atoms with E-state index in [1.807, 2.05) is 6.92 Å². The molecule has 1 aromatic heterocycles. The van der Waals surface area contributed by atoms with E-state index in [9.17, 15) is 0 Å². The number of nitrogens with zero attached hydrogens (tertiary/aromatic N) is 2. The Kier molecular flexibility index (Phi) is 3.93. The molecule has 16 heavy (non-hydrogen) atoms. The third kappa shape index (κ3) is 3.04. The Balaban J connectivity index is 1.82. The van der Waals surface area contributed by atoms with Gasteiger partial charge in [0, 0.05) is 18.4 Å². The maximum absolute atomic E-state index is 5.69. The summed E-state index contributed by atoms with van der Waals surface area (Å²) in [4.78, 5) is 4.47. The van der Waals surface area contributed by atoms with Crippen molar-refractivity contribution in [2.24, 2.45) is 5.73 Å². The minimum atomic E-state index is 0.261. The molecule has 1 aromatic rings. The zero-order chi connectivity index (χ0) is 11.4. The molecule has 2 rings (SSSR count). The summed E-state index contributed by atoms with van der Waals surface area (Å²) in [6.45, 7) is 2.03. The molecule has 0 saturated heterocycles. The Morgan fingerprint density at radius 1 is 1.44 bits per heavy atom. The van der Waals surface area contributed by atoms with E-state index in [0.717, 1.165) is 31.0 Å². The first-order chi connectivity index (χ1) is 7.75. The first-order valence-electron chi connectivity index (χ1n) is 6.34. The maximum atomic E-state index is 5.69. The molecule has 0 aromatic carbocycles. The fourth-order valence-electron chi connectivity index (χ4n) is 2.29. The van der Waals surface area contributed by atoms with Gasteiger partial charge in [-0.3, -0.25) is 0 Å². The quantitative estimate of drug-likeness (QED) is 0.832. The van der Waals surface area contributed by atoms with Crippen molar-refractivity contribution in [1.82, 2.24) is 10.1 Å². The molecule has 0 spiro atoms. The van der Waals surface area contributed by atoms with Crippen molar-refractivity contribution in [2.75, 3.05) is 0 Å². The van der Waals surface area contributed by atoms with Crippen molar-refractivity contribution in [3.63, 3.8) is 0 Å². The molecule has 1 unspecified atom stereocenters. The smallest absolute Gasteiger partial charge is 0.226 e. The largest absolute Gasteiger partial charge is 0.339 e. The zero-order valence-corrected chi connectivity index (χ0v) is 9.98. The molecule has 1 atom stereocenters. The van der Waals surface area contributed by atoms with Gasteiger partial charge in [0.2, 0.25) is 5.89 Å². The SMILES string of the molecule is CC(N)CCCc1nc(C2CCCC2)no1. The molecule has 1 aliphatic carbocycles. The Morgan fingerprint density at radius 2 is 2.19 bits per heavy atom. The lowest BCUT2D eigenvalue weighted by Crippen LogP contribution is -2.14. The molecule has 0 bridgehead atoms. The normalized spacial score (nSPS) is 19.1. The average molecular weight is 223 g/mol. The van der Waals surface area contributed by atoms with Gasteiger partial charge in [0.05, 0.1) is 0 Å². The summed E-state index contributed by atoms with van der Waals surface area (Å²) in [5.41, 5.74) is 5.69. The van der Waals surface area contributed by atoms with Crippen LogP contribution < -0.4 is 5.73 Å². The molecular formula is C12H21N3O. The summed E-state index contributed by atoms with van der Waals surface area (Å²) in [6, 6.07) is 0.261. The highest BCUT2D eigenvalue weighted by Crippen LogP contribution is 2.32. The van der Waals surface area contributed by atoms with E-state index in [-0.39, 0.29) is 6.04 Å². The van der Waals surface area contributed by atoms with Gasteiger partial charge >= 0.3 is 0 Å². The van der Waals surface area contributed by atoms with Crippen LogP contribution in [-0.2, 0) is 6.42 Å². The number of nitrogens with two attached hydrogens (primary N) is 1. The predicted molar refractivity (Wildman–Crippen MR) is 62.1 cm³/mol. The third-order valence-electron chi connectivity index (χ3n) is 3.25. The highest BCUT2D eigenvalue weighted by molar-refractivity contribution is 4.97. The van der Waals surface area contributed by atoms with Crippen LogP contribution >= 0.6 is 0 Å². The predicted octanol–water partition coefficient (Wildman–Crippen LogP) is 2.40. The van der Waals surface area contributed by atoms with Crippen LogP contribution in [0.15, 0.2) is 4.52 Å². The van der Waals surface area contributed by atoms with Crippen LogP contribution in [0.1, 0.15) is 63.1 Å². The Hall–Kier alpha value is -0.900. The first-order valence-corrected chi connectivity index (χ1v) is 6.34. The lowest BCUT2D eigenvalue weighted by Gasteiger charge is -2.01. The van der Waals surface area contributed by atoms with E-state index >= 15 is 0 Å². The topological polar surface area (TPSA) is 64.9 Å². The molecule has 4 heteroatoms. The van der Waals surface area contributed by atoms with Gasteiger partial charge in [0.1, 0.15) is 0 Å². The molecule has 1 fully saturated rings.